The number of carbonyl (C=O) groups excluding carboxylic acids is 2. The summed E-state index contributed by atoms with van der Waals surface area (Å²) in [4.78, 5) is 33.8. The number of aromatic nitrogens is 1. The summed E-state index contributed by atoms with van der Waals surface area (Å²) >= 11 is 0. The largest absolute Gasteiger partial charge is 0.438 e. The van der Waals surface area contributed by atoms with Crippen LogP contribution in [0, 0.1) is 12.3 Å². The summed E-state index contributed by atoms with van der Waals surface area (Å²) in [7, 11) is 0. The van der Waals surface area contributed by atoms with E-state index in [4.69, 9.17) is 4.42 Å². The van der Waals surface area contributed by atoms with Crippen LogP contribution in [0.3, 0.4) is 0 Å². The molecule has 2 aromatic rings. The van der Waals surface area contributed by atoms with Crippen molar-refractivity contribution in [1.82, 2.24) is 14.8 Å². The molecule has 2 aliphatic heterocycles. The first-order valence-corrected chi connectivity index (χ1v) is 10.1. The standard InChI is InChI=1S/C22H27N3O3/c1-17-19(28-16-23-17)20(26)25-14-11-22(15-25)10-6-13-24(21(22)27)12-5-9-18-7-3-2-4-8-18/h2-4,7-8,16H,5-6,9-15H2,1H3. The average molecular weight is 381 g/mol. The van der Waals surface area contributed by atoms with Crippen molar-refractivity contribution in [2.45, 2.75) is 39.0 Å². The van der Waals surface area contributed by atoms with Crippen LogP contribution in [0.1, 0.15) is 47.5 Å². The van der Waals surface area contributed by atoms with Crippen molar-refractivity contribution in [3.8, 4) is 0 Å². The summed E-state index contributed by atoms with van der Waals surface area (Å²) in [5, 5.41) is 0. The highest BCUT2D eigenvalue weighted by molar-refractivity contribution is 5.94. The van der Waals surface area contributed by atoms with Crippen LogP contribution in [-0.2, 0) is 11.2 Å². The highest BCUT2D eigenvalue weighted by Gasteiger charge is 2.49. The van der Waals surface area contributed by atoms with E-state index < -0.39 is 5.41 Å². The van der Waals surface area contributed by atoms with E-state index in [-0.39, 0.29) is 11.8 Å². The van der Waals surface area contributed by atoms with Crippen LogP contribution < -0.4 is 0 Å². The van der Waals surface area contributed by atoms with E-state index in [1.165, 1.54) is 12.0 Å². The van der Waals surface area contributed by atoms with Gasteiger partial charge in [0, 0.05) is 26.2 Å². The normalized spacial score (nSPS) is 22.2. The minimum atomic E-state index is -0.422. The number of rotatable bonds is 5. The van der Waals surface area contributed by atoms with Crippen molar-refractivity contribution in [2.24, 2.45) is 5.41 Å². The van der Waals surface area contributed by atoms with Gasteiger partial charge in [-0.25, -0.2) is 4.98 Å². The Hall–Kier alpha value is -2.63. The molecule has 2 aliphatic rings. The van der Waals surface area contributed by atoms with E-state index in [0.29, 0.717) is 24.5 Å². The number of nitrogens with zero attached hydrogens (tertiary/aromatic N) is 3. The Labute approximate surface area is 165 Å². The summed E-state index contributed by atoms with van der Waals surface area (Å²) in [5.41, 5.74) is 1.49. The van der Waals surface area contributed by atoms with E-state index in [9.17, 15) is 9.59 Å². The van der Waals surface area contributed by atoms with Crippen LogP contribution in [-0.4, -0.2) is 52.8 Å². The smallest absolute Gasteiger partial charge is 0.291 e. The molecule has 6 nitrogen and oxygen atoms in total. The van der Waals surface area contributed by atoms with E-state index >= 15 is 0 Å². The predicted molar refractivity (Wildman–Crippen MR) is 105 cm³/mol. The van der Waals surface area contributed by atoms with Gasteiger partial charge in [0.2, 0.25) is 11.7 Å². The molecule has 28 heavy (non-hydrogen) atoms. The number of oxazole rings is 1. The lowest BCUT2D eigenvalue weighted by molar-refractivity contribution is -0.145. The van der Waals surface area contributed by atoms with Crippen LogP contribution in [0.2, 0.25) is 0 Å². The Bertz CT molecular complexity index is 848. The Balaban J connectivity index is 1.37. The highest BCUT2D eigenvalue weighted by atomic mass is 16.3. The molecule has 2 saturated heterocycles. The molecule has 1 spiro atoms. The van der Waals surface area contributed by atoms with Crippen LogP contribution >= 0.6 is 0 Å². The van der Waals surface area contributed by atoms with Gasteiger partial charge in [-0.3, -0.25) is 9.59 Å². The van der Waals surface area contributed by atoms with Gasteiger partial charge in [0.05, 0.1) is 11.1 Å². The van der Waals surface area contributed by atoms with Gasteiger partial charge in [0.25, 0.3) is 5.91 Å². The van der Waals surface area contributed by atoms with Gasteiger partial charge in [-0.1, -0.05) is 30.3 Å². The van der Waals surface area contributed by atoms with Crippen molar-refractivity contribution < 1.29 is 14.0 Å². The first kappa shape index (κ1) is 18.7. The molecule has 0 radical (unpaired) electrons. The van der Waals surface area contributed by atoms with Crippen molar-refractivity contribution in [2.75, 3.05) is 26.2 Å². The van der Waals surface area contributed by atoms with Crippen molar-refractivity contribution in [3.63, 3.8) is 0 Å². The number of benzene rings is 1. The lowest BCUT2D eigenvalue weighted by Gasteiger charge is -2.39. The third kappa shape index (κ3) is 3.55. The van der Waals surface area contributed by atoms with Crippen LogP contribution in [0.4, 0.5) is 0 Å². The van der Waals surface area contributed by atoms with Gasteiger partial charge in [-0.15, -0.1) is 0 Å². The molecule has 148 valence electrons. The van der Waals surface area contributed by atoms with Crippen LogP contribution in [0.5, 0.6) is 0 Å². The molecular formula is C22H27N3O3. The summed E-state index contributed by atoms with van der Waals surface area (Å²) < 4.78 is 5.26. The topological polar surface area (TPSA) is 66.7 Å². The van der Waals surface area contributed by atoms with Crippen LogP contribution in [0.25, 0.3) is 0 Å². The monoisotopic (exact) mass is 381 g/mol. The van der Waals surface area contributed by atoms with Gasteiger partial charge >= 0.3 is 0 Å². The molecule has 0 saturated carbocycles. The Morgan fingerprint density at radius 3 is 2.79 bits per heavy atom. The summed E-state index contributed by atoms with van der Waals surface area (Å²) in [6.45, 7) is 4.46. The van der Waals surface area contributed by atoms with E-state index in [1.54, 1.807) is 11.8 Å². The summed E-state index contributed by atoms with van der Waals surface area (Å²) in [6, 6.07) is 10.4. The van der Waals surface area contributed by atoms with Crippen molar-refractivity contribution in [3.05, 3.63) is 53.7 Å². The van der Waals surface area contributed by atoms with Crippen molar-refractivity contribution >= 4 is 11.8 Å². The summed E-state index contributed by atoms with van der Waals surface area (Å²) in [5.74, 6) is 0.359. The minimum absolute atomic E-state index is 0.152. The second-order valence-corrected chi connectivity index (χ2v) is 8.01. The molecule has 6 heteroatoms. The maximum atomic E-state index is 13.3. The number of likely N-dealkylation sites (tertiary alicyclic amines) is 2. The predicted octanol–water partition coefficient (Wildman–Crippen LogP) is 3.07. The zero-order valence-corrected chi connectivity index (χ0v) is 16.4. The molecule has 2 fully saturated rings. The van der Waals surface area contributed by atoms with Gasteiger partial charge < -0.3 is 14.2 Å². The lowest BCUT2D eigenvalue weighted by Crippen LogP contribution is -2.50. The zero-order valence-electron chi connectivity index (χ0n) is 16.4. The molecule has 2 amide bonds. The molecule has 1 aromatic carbocycles. The molecule has 3 heterocycles. The lowest BCUT2D eigenvalue weighted by atomic mass is 9.78. The van der Waals surface area contributed by atoms with Gasteiger partial charge in [-0.2, -0.15) is 0 Å². The second-order valence-electron chi connectivity index (χ2n) is 8.01. The molecule has 1 atom stereocenters. The van der Waals surface area contributed by atoms with Gasteiger partial charge in [0.1, 0.15) is 0 Å². The van der Waals surface area contributed by atoms with Gasteiger partial charge in [-0.05, 0) is 44.6 Å². The number of hydrogen-bond acceptors (Lipinski definition) is 4. The van der Waals surface area contributed by atoms with E-state index in [0.717, 1.165) is 45.2 Å². The fraction of sp³-hybridized carbons (Fsp3) is 0.500. The Morgan fingerprint density at radius 2 is 2.04 bits per heavy atom. The minimum Gasteiger partial charge on any atom is -0.438 e. The number of carbonyl (C=O) groups is 2. The molecule has 0 N–H and O–H groups in total. The Kier molecular flexibility index (Phi) is 5.20. The zero-order chi connectivity index (χ0) is 19.6. The van der Waals surface area contributed by atoms with E-state index in [2.05, 4.69) is 29.2 Å². The number of piperidine rings is 1. The molecule has 4 rings (SSSR count). The first-order valence-electron chi connectivity index (χ1n) is 10.1. The summed E-state index contributed by atoms with van der Waals surface area (Å²) in [6.07, 6.45) is 5.84. The average Bonchev–Trinajstić information content (AvgIpc) is 3.33. The van der Waals surface area contributed by atoms with E-state index in [1.807, 2.05) is 11.0 Å². The maximum absolute atomic E-state index is 13.3. The van der Waals surface area contributed by atoms with Crippen LogP contribution in [0.15, 0.2) is 41.1 Å². The molecule has 0 aliphatic carbocycles. The third-order valence-electron chi connectivity index (χ3n) is 6.14. The van der Waals surface area contributed by atoms with Gasteiger partial charge in [0.15, 0.2) is 6.39 Å². The highest BCUT2D eigenvalue weighted by Crippen LogP contribution is 2.40. The third-order valence-corrected chi connectivity index (χ3v) is 6.14. The van der Waals surface area contributed by atoms with Crippen molar-refractivity contribution in [1.29, 1.82) is 0 Å². The number of amides is 2. The molecular weight excluding hydrogens is 354 g/mol. The molecule has 1 aromatic heterocycles. The fourth-order valence-electron chi connectivity index (χ4n) is 4.56. The fourth-order valence-corrected chi connectivity index (χ4v) is 4.56. The second kappa shape index (κ2) is 7.78. The molecule has 1 unspecified atom stereocenters. The molecule has 0 bridgehead atoms. The number of aryl methyl sites for hydroxylation is 2. The Morgan fingerprint density at radius 1 is 1.21 bits per heavy atom. The SMILES string of the molecule is Cc1ncoc1C(=O)N1CCC2(CCCN(CCCc3ccccc3)C2=O)C1. The first-order chi connectivity index (χ1) is 13.6. The number of hydrogen-bond donors (Lipinski definition) is 0. The maximum Gasteiger partial charge on any atom is 0.291 e. The quantitative estimate of drug-likeness (QED) is 0.798.